The van der Waals surface area contributed by atoms with Crippen molar-refractivity contribution in [1.29, 1.82) is 0 Å². The molecule has 2 rings (SSSR count). The summed E-state index contributed by atoms with van der Waals surface area (Å²) in [6.45, 7) is 6.36. The molecule has 1 amide bonds. The number of rotatable bonds is 9. The highest BCUT2D eigenvalue weighted by Gasteiger charge is 2.05. The number of anilines is 1. The molecule has 5 heteroatoms. The Bertz CT molecular complexity index is 653. The number of nitrogens with zero attached hydrogens (tertiary/aromatic N) is 2. The van der Waals surface area contributed by atoms with Crippen LogP contribution in [0.15, 0.2) is 42.6 Å². The van der Waals surface area contributed by atoms with Crippen LogP contribution in [-0.2, 0) is 24.1 Å². The molecule has 0 saturated heterocycles. The van der Waals surface area contributed by atoms with Crippen LogP contribution in [0.4, 0.5) is 5.82 Å². The van der Waals surface area contributed by atoms with Crippen molar-refractivity contribution in [2.45, 2.75) is 47.0 Å². The van der Waals surface area contributed by atoms with Crippen molar-refractivity contribution in [2.24, 2.45) is 5.84 Å². The van der Waals surface area contributed by atoms with E-state index in [9.17, 15) is 4.79 Å². The van der Waals surface area contributed by atoms with E-state index in [0.29, 0.717) is 6.42 Å². The van der Waals surface area contributed by atoms with E-state index in [1.807, 2.05) is 18.3 Å². The van der Waals surface area contributed by atoms with Gasteiger partial charge in [0.25, 0.3) is 0 Å². The molecule has 0 radical (unpaired) electrons. The first-order valence-electron chi connectivity index (χ1n) is 8.93. The Morgan fingerprint density at radius 3 is 2.19 bits per heavy atom. The summed E-state index contributed by atoms with van der Waals surface area (Å²) < 4.78 is 0. The molecule has 1 heterocycles. The first-order chi connectivity index (χ1) is 12.2. The van der Waals surface area contributed by atoms with Gasteiger partial charge in [-0.1, -0.05) is 44.7 Å². The number of benzene rings is 1. The molecule has 0 atom stereocenters. The van der Waals surface area contributed by atoms with E-state index in [-0.39, 0.29) is 13.3 Å². The van der Waals surface area contributed by atoms with Crippen LogP contribution < -0.4 is 16.2 Å². The third-order valence-corrected chi connectivity index (χ3v) is 4.26. The average molecular weight is 357 g/mol. The lowest BCUT2D eigenvalue weighted by atomic mass is 10.0. The van der Waals surface area contributed by atoms with Crippen LogP contribution in [0, 0.1) is 0 Å². The maximum Gasteiger partial charge on any atom is 0.238 e. The Kier molecular flexibility index (Phi) is 9.37. The number of nitrogens with one attached hydrogen (secondary N) is 1. The molecule has 3 N–H and O–H groups in total. The van der Waals surface area contributed by atoms with Crippen LogP contribution in [0.25, 0.3) is 0 Å². The monoisotopic (exact) mass is 356 g/mol. The Labute approximate surface area is 157 Å². The van der Waals surface area contributed by atoms with Gasteiger partial charge in [0.05, 0.1) is 6.42 Å². The molecule has 0 aliphatic carbocycles. The van der Waals surface area contributed by atoms with Gasteiger partial charge < -0.3 is 4.90 Å². The summed E-state index contributed by atoms with van der Waals surface area (Å²) in [5.41, 5.74) is 5.61. The highest BCUT2D eigenvalue weighted by molar-refractivity contribution is 5.77. The molecular weight excluding hydrogens is 324 g/mol. The van der Waals surface area contributed by atoms with Gasteiger partial charge in [0, 0.05) is 19.3 Å². The molecule has 0 aliphatic rings. The number of hydrazine groups is 1. The summed E-state index contributed by atoms with van der Waals surface area (Å²) in [5, 5.41) is 0. The number of carbonyl (C=O) groups excluding carboxylic acids is 1. The Balaban J connectivity index is 0.00000338. The third kappa shape index (κ3) is 6.48. The zero-order valence-corrected chi connectivity index (χ0v) is 15.2. The number of aromatic nitrogens is 1. The van der Waals surface area contributed by atoms with Gasteiger partial charge in [-0.2, -0.15) is 0 Å². The molecule has 0 fully saturated rings. The van der Waals surface area contributed by atoms with Crippen LogP contribution in [-0.4, -0.2) is 24.0 Å². The van der Waals surface area contributed by atoms with Gasteiger partial charge >= 0.3 is 0 Å². The highest BCUT2D eigenvalue weighted by Crippen LogP contribution is 2.14. The van der Waals surface area contributed by atoms with Gasteiger partial charge in [-0.3, -0.25) is 10.2 Å². The standard InChI is InChI=1S/C20H28N4O.CH4/c1-3-13-24(4-2)19-12-11-18(15-22-19)10-7-16-5-8-17(9-6-16)14-20(25)23-21;/h5-6,8-9,11-12,15H,3-4,7,10,13-14,21H2,1-2H3,(H,23,25);1H4. The summed E-state index contributed by atoms with van der Waals surface area (Å²) in [6.07, 6.45) is 5.33. The number of amides is 1. The fourth-order valence-corrected chi connectivity index (χ4v) is 2.81. The lowest BCUT2D eigenvalue weighted by molar-refractivity contribution is -0.120. The van der Waals surface area contributed by atoms with Crippen LogP contribution in [0.3, 0.4) is 0 Å². The Hall–Kier alpha value is -2.40. The van der Waals surface area contributed by atoms with Crippen LogP contribution in [0.2, 0.25) is 0 Å². The molecule has 142 valence electrons. The van der Waals surface area contributed by atoms with E-state index in [1.165, 1.54) is 11.1 Å². The van der Waals surface area contributed by atoms with Crippen molar-refractivity contribution < 1.29 is 4.79 Å². The number of pyridine rings is 1. The van der Waals surface area contributed by atoms with Crippen molar-refractivity contribution in [1.82, 2.24) is 10.4 Å². The quantitative estimate of drug-likeness (QED) is 0.411. The fourth-order valence-electron chi connectivity index (χ4n) is 2.81. The number of aryl methyl sites for hydroxylation is 2. The van der Waals surface area contributed by atoms with Gasteiger partial charge in [0.15, 0.2) is 0 Å². The van der Waals surface area contributed by atoms with E-state index in [1.54, 1.807) is 0 Å². The lowest BCUT2D eigenvalue weighted by Crippen LogP contribution is -2.31. The predicted molar refractivity (Wildman–Crippen MR) is 109 cm³/mol. The van der Waals surface area contributed by atoms with Gasteiger partial charge in [-0.25, -0.2) is 10.8 Å². The maximum atomic E-state index is 11.3. The fraction of sp³-hybridized carbons (Fsp3) is 0.429. The van der Waals surface area contributed by atoms with E-state index >= 15 is 0 Å². The van der Waals surface area contributed by atoms with Crippen molar-refractivity contribution >= 4 is 11.7 Å². The molecule has 0 saturated carbocycles. The molecule has 0 unspecified atom stereocenters. The second-order valence-electron chi connectivity index (χ2n) is 6.17. The van der Waals surface area contributed by atoms with E-state index < -0.39 is 0 Å². The summed E-state index contributed by atoms with van der Waals surface area (Å²) in [7, 11) is 0. The van der Waals surface area contributed by atoms with Crippen molar-refractivity contribution in [3.8, 4) is 0 Å². The molecular formula is C21H32N4O. The van der Waals surface area contributed by atoms with E-state index in [4.69, 9.17) is 5.84 Å². The molecule has 0 aliphatic heterocycles. The molecule has 5 nitrogen and oxygen atoms in total. The molecule has 1 aromatic carbocycles. The van der Waals surface area contributed by atoms with Gasteiger partial charge in [-0.05, 0) is 48.9 Å². The number of hydrogen-bond acceptors (Lipinski definition) is 4. The average Bonchev–Trinajstić information content (AvgIpc) is 2.66. The topological polar surface area (TPSA) is 71.2 Å². The minimum Gasteiger partial charge on any atom is -0.357 e. The minimum atomic E-state index is -0.178. The summed E-state index contributed by atoms with van der Waals surface area (Å²) in [4.78, 5) is 18.2. The zero-order valence-electron chi connectivity index (χ0n) is 15.2. The molecule has 2 aromatic rings. The van der Waals surface area contributed by atoms with Crippen LogP contribution >= 0.6 is 0 Å². The van der Waals surface area contributed by atoms with Crippen molar-refractivity contribution in [2.75, 3.05) is 18.0 Å². The third-order valence-electron chi connectivity index (χ3n) is 4.26. The van der Waals surface area contributed by atoms with Gasteiger partial charge in [0.1, 0.15) is 5.82 Å². The zero-order chi connectivity index (χ0) is 18.1. The largest absolute Gasteiger partial charge is 0.357 e. The van der Waals surface area contributed by atoms with E-state index in [2.05, 4.69) is 53.4 Å². The lowest BCUT2D eigenvalue weighted by Gasteiger charge is -2.21. The second-order valence-corrected chi connectivity index (χ2v) is 6.17. The highest BCUT2D eigenvalue weighted by atomic mass is 16.2. The van der Waals surface area contributed by atoms with E-state index in [0.717, 1.165) is 43.7 Å². The molecule has 26 heavy (non-hydrogen) atoms. The van der Waals surface area contributed by atoms with Crippen LogP contribution in [0.1, 0.15) is 44.4 Å². The molecule has 1 aromatic heterocycles. The van der Waals surface area contributed by atoms with Crippen molar-refractivity contribution in [3.05, 3.63) is 59.3 Å². The first kappa shape index (κ1) is 21.6. The summed E-state index contributed by atoms with van der Waals surface area (Å²) >= 11 is 0. The maximum absolute atomic E-state index is 11.3. The molecule has 0 bridgehead atoms. The second kappa shape index (κ2) is 11.3. The van der Waals surface area contributed by atoms with Gasteiger partial charge in [0.2, 0.25) is 5.91 Å². The minimum absolute atomic E-state index is 0. The summed E-state index contributed by atoms with van der Waals surface area (Å²) in [5.74, 6) is 5.98. The number of hydrogen-bond donors (Lipinski definition) is 2. The smallest absolute Gasteiger partial charge is 0.238 e. The number of nitrogens with two attached hydrogens (primary N) is 1. The Morgan fingerprint density at radius 1 is 1.04 bits per heavy atom. The molecule has 0 spiro atoms. The predicted octanol–water partition coefficient (Wildman–Crippen LogP) is 3.27. The first-order valence-corrected chi connectivity index (χ1v) is 8.93. The normalized spacial score (nSPS) is 10.1. The Morgan fingerprint density at radius 2 is 1.65 bits per heavy atom. The number of carbonyl (C=O) groups is 1. The summed E-state index contributed by atoms with van der Waals surface area (Å²) in [6, 6.07) is 12.4. The van der Waals surface area contributed by atoms with Crippen LogP contribution in [0.5, 0.6) is 0 Å². The SMILES string of the molecule is C.CCCN(CC)c1ccc(CCc2ccc(CC(=O)NN)cc2)cn1. The van der Waals surface area contributed by atoms with Gasteiger partial charge in [-0.15, -0.1) is 0 Å². The van der Waals surface area contributed by atoms with Crippen molar-refractivity contribution in [3.63, 3.8) is 0 Å².